The average molecular weight is 490 g/mol. The van der Waals surface area contributed by atoms with Gasteiger partial charge in [0.25, 0.3) is 5.91 Å². The number of nitrogens with zero attached hydrogens (tertiary/aromatic N) is 1. The van der Waals surface area contributed by atoms with Crippen LogP contribution in [0.25, 0.3) is 0 Å². The summed E-state index contributed by atoms with van der Waals surface area (Å²) in [6.07, 6.45) is 1.27. The zero-order chi connectivity index (χ0) is 25.5. The van der Waals surface area contributed by atoms with Gasteiger partial charge in [-0.25, -0.2) is 13.2 Å². The number of nitrogens with one attached hydrogen (secondary N) is 2. The van der Waals surface area contributed by atoms with Crippen LogP contribution in [0.1, 0.15) is 42.6 Å². The number of hydrogen-bond acceptors (Lipinski definition) is 3. The molecule has 0 aromatic heterocycles. The van der Waals surface area contributed by atoms with E-state index in [1.807, 2.05) is 0 Å². The minimum Gasteiger partial charge on any atom is -0.356 e. The predicted molar refractivity (Wildman–Crippen MR) is 125 cm³/mol. The number of likely N-dealkylation sites (tertiary alicyclic amines) is 1. The van der Waals surface area contributed by atoms with Crippen LogP contribution in [0.5, 0.6) is 0 Å². The van der Waals surface area contributed by atoms with E-state index < -0.39 is 29.1 Å². The van der Waals surface area contributed by atoms with Crippen molar-refractivity contribution in [2.24, 2.45) is 11.8 Å². The Hall–Kier alpha value is -3.36. The van der Waals surface area contributed by atoms with Gasteiger partial charge < -0.3 is 15.5 Å². The number of carbonyl (C=O) groups excluding carboxylic acids is 3. The van der Waals surface area contributed by atoms with Gasteiger partial charge in [-0.15, -0.1) is 0 Å². The van der Waals surface area contributed by atoms with Gasteiger partial charge in [0.15, 0.2) is 0 Å². The van der Waals surface area contributed by atoms with Gasteiger partial charge in [0.05, 0.1) is 0 Å². The fraction of sp³-hybridized carbons (Fsp3) is 0.423. The SMILES string of the molecule is CC(C)C(NC(=O)c1c(F)cccc1F)C(=O)N1CCC(C(=O)NCCc2ccccc2F)CC1. The largest absolute Gasteiger partial charge is 0.356 e. The number of rotatable bonds is 8. The van der Waals surface area contributed by atoms with E-state index in [2.05, 4.69) is 10.6 Å². The molecule has 1 fully saturated rings. The quantitative estimate of drug-likeness (QED) is 0.596. The smallest absolute Gasteiger partial charge is 0.257 e. The maximum Gasteiger partial charge on any atom is 0.257 e. The molecule has 1 aliphatic rings. The first-order chi connectivity index (χ1) is 16.7. The average Bonchev–Trinajstić information content (AvgIpc) is 2.83. The van der Waals surface area contributed by atoms with Crippen LogP contribution in [0, 0.1) is 29.3 Å². The van der Waals surface area contributed by atoms with E-state index in [-0.39, 0.29) is 29.5 Å². The maximum absolute atomic E-state index is 14.0. The third-order valence-corrected chi connectivity index (χ3v) is 6.24. The molecule has 2 aromatic rings. The Labute approximate surface area is 202 Å². The molecule has 1 unspecified atom stereocenters. The second-order valence-electron chi connectivity index (χ2n) is 9.02. The summed E-state index contributed by atoms with van der Waals surface area (Å²) in [4.78, 5) is 39.7. The van der Waals surface area contributed by atoms with Gasteiger partial charge in [-0.3, -0.25) is 14.4 Å². The Kier molecular flexibility index (Phi) is 8.89. The molecule has 1 heterocycles. The molecule has 0 radical (unpaired) electrons. The summed E-state index contributed by atoms with van der Waals surface area (Å²) >= 11 is 0. The lowest BCUT2D eigenvalue weighted by molar-refractivity contribution is -0.138. The topological polar surface area (TPSA) is 78.5 Å². The Bertz CT molecular complexity index is 1050. The van der Waals surface area contributed by atoms with Crippen molar-refractivity contribution in [3.8, 4) is 0 Å². The summed E-state index contributed by atoms with van der Waals surface area (Å²) in [6.45, 7) is 4.41. The van der Waals surface area contributed by atoms with Crippen molar-refractivity contribution in [3.05, 3.63) is 71.0 Å². The van der Waals surface area contributed by atoms with Gasteiger partial charge in [-0.2, -0.15) is 0 Å². The zero-order valence-electron chi connectivity index (χ0n) is 19.8. The number of amides is 3. The van der Waals surface area contributed by atoms with Gasteiger partial charge in [0, 0.05) is 25.6 Å². The number of halogens is 3. The Balaban J connectivity index is 1.52. The monoisotopic (exact) mass is 489 g/mol. The predicted octanol–water partition coefficient (Wildman–Crippen LogP) is 3.46. The summed E-state index contributed by atoms with van der Waals surface area (Å²) in [5.74, 6) is -4.39. The molecule has 3 amide bonds. The summed E-state index contributed by atoms with van der Waals surface area (Å²) < 4.78 is 41.7. The second kappa shape index (κ2) is 11.9. The molecule has 0 spiro atoms. The molecule has 35 heavy (non-hydrogen) atoms. The van der Waals surface area contributed by atoms with Crippen molar-refractivity contribution in [2.75, 3.05) is 19.6 Å². The molecule has 0 bridgehead atoms. The van der Waals surface area contributed by atoms with E-state index in [1.165, 1.54) is 6.07 Å². The highest BCUT2D eigenvalue weighted by Gasteiger charge is 2.34. The van der Waals surface area contributed by atoms with Gasteiger partial charge >= 0.3 is 0 Å². The van der Waals surface area contributed by atoms with Crippen LogP contribution in [0.15, 0.2) is 42.5 Å². The molecule has 0 aliphatic carbocycles. The van der Waals surface area contributed by atoms with Crippen LogP contribution < -0.4 is 10.6 Å². The van der Waals surface area contributed by atoms with Crippen molar-refractivity contribution >= 4 is 17.7 Å². The highest BCUT2D eigenvalue weighted by Crippen LogP contribution is 2.20. The highest BCUT2D eigenvalue weighted by atomic mass is 19.1. The minimum absolute atomic E-state index is 0.142. The lowest BCUT2D eigenvalue weighted by Crippen LogP contribution is -2.53. The molecule has 2 N–H and O–H groups in total. The molecule has 1 atom stereocenters. The Morgan fingerprint density at radius 2 is 1.54 bits per heavy atom. The normalized spacial score (nSPS) is 15.1. The van der Waals surface area contributed by atoms with E-state index in [1.54, 1.807) is 36.9 Å². The molecule has 3 rings (SSSR count). The van der Waals surface area contributed by atoms with Crippen molar-refractivity contribution in [2.45, 2.75) is 39.2 Å². The molecule has 1 aliphatic heterocycles. The summed E-state index contributed by atoms with van der Waals surface area (Å²) in [7, 11) is 0. The number of hydrogen-bond donors (Lipinski definition) is 2. The molecule has 2 aromatic carbocycles. The lowest BCUT2D eigenvalue weighted by atomic mass is 9.94. The van der Waals surface area contributed by atoms with E-state index in [0.29, 0.717) is 44.5 Å². The van der Waals surface area contributed by atoms with Gasteiger partial charge in [-0.1, -0.05) is 38.1 Å². The van der Waals surface area contributed by atoms with E-state index in [9.17, 15) is 27.6 Å². The summed E-state index contributed by atoms with van der Waals surface area (Å²) in [5, 5.41) is 5.30. The standard InChI is InChI=1S/C26H30F3N3O3/c1-16(2)23(31-25(34)22-20(28)8-5-9-21(22)29)26(35)32-14-11-18(12-15-32)24(33)30-13-10-17-6-3-4-7-19(17)27/h3-9,16,18,23H,10-15H2,1-2H3,(H,30,33)(H,31,34). The van der Waals surface area contributed by atoms with Crippen LogP contribution in [0.4, 0.5) is 13.2 Å². The maximum atomic E-state index is 14.0. The van der Waals surface area contributed by atoms with E-state index >= 15 is 0 Å². The molecule has 9 heteroatoms. The van der Waals surface area contributed by atoms with Gasteiger partial charge in [-0.05, 0) is 48.9 Å². The van der Waals surface area contributed by atoms with Crippen LogP contribution in [-0.2, 0) is 16.0 Å². The van der Waals surface area contributed by atoms with Crippen molar-refractivity contribution in [3.63, 3.8) is 0 Å². The first kappa shape index (κ1) is 26.2. The lowest BCUT2D eigenvalue weighted by Gasteiger charge is -2.35. The summed E-state index contributed by atoms with van der Waals surface area (Å²) in [5.41, 5.74) is -0.193. The van der Waals surface area contributed by atoms with Crippen molar-refractivity contribution in [1.82, 2.24) is 15.5 Å². The fourth-order valence-corrected chi connectivity index (χ4v) is 4.17. The zero-order valence-corrected chi connectivity index (χ0v) is 19.8. The van der Waals surface area contributed by atoms with Crippen LogP contribution in [0.2, 0.25) is 0 Å². The first-order valence-corrected chi connectivity index (χ1v) is 11.7. The van der Waals surface area contributed by atoms with Crippen molar-refractivity contribution in [1.29, 1.82) is 0 Å². The number of benzene rings is 2. The minimum atomic E-state index is -1.00. The Morgan fingerprint density at radius 1 is 0.943 bits per heavy atom. The highest BCUT2D eigenvalue weighted by molar-refractivity contribution is 5.98. The first-order valence-electron chi connectivity index (χ1n) is 11.7. The van der Waals surface area contributed by atoms with Crippen LogP contribution >= 0.6 is 0 Å². The number of carbonyl (C=O) groups is 3. The van der Waals surface area contributed by atoms with E-state index in [0.717, 1.165) is 18.2 Å². The second-order valence-corrected chi connectivity index (χ2v) is 9.02. The van der Waals surface area contributed by atoms with Crippen LogP contribution in [-0.4, -0.2) is 48.3 Å². The fourth-order valence-electron chi connectivity index (χ4n) is 4.17. The van der Waals surface area contributed by atoms with Crippen molar-refractivity contribution < 1.29 is 27.6 Å². The summed E-state index contributed by atoms with van der Waals surface area (Å²) in [6, 6.07) is 8.57. The molecular formula is C26H30F3N3O3. The van der Waals surface area contributed by atoms with Gasteiger partial charge in [0.1, 0.15) is 29.1 Å². The molecule has 188 valence electrons. The molecule has 1 saturated heterocycles. The van der Waals surface area contributed by atoms with Gasteiger partial charge in [0.2, 0.25) is 11.8 Å². The van der Waals surface area contributed by atoms with E-state index in [4.69, 9.17) is 0 Å². The van der Waals surface area contributed by atoms with Crippen LogP contribution in [0.3, 0.4) is 0 Å². The third kappa shape index (κ3) is 6.61. The molecule has 0 saturated carbocycles. The molecule has 6 nitrogen and oxygen atoms in total. The molecular weight excluding hydrogens is 459 g/mol. The number of piperidine rings is 1. The third-order valence-electron chi connectivity index (χ3n) is 6.24. The Morgan fingerprint density at radius 3 is 2.14 bits per heavy atom.